The summed E-state index contributed by atoms with van der Waals surface area (Å²) in [5.41, 5.74) is 6.70. The van der Waals surface area contributed by atoms with E-state index in [9.17, 15) is 0 Å². The molecule has 9 heavy (non-hydrogen) atoms. The van der Waals surface area contributed by atoms with E-state index >= 15 is 0 Å². The highest BCUT2D eigenvalue weighted by atomic mass is 14.7. The van der Waals surface area contributed by atoms with Crippen molar-refractivity contribution in [1.82, 2.24) is 0 Å². The molecule has 2 nitrogen and oxygen atoms in total. The Balaban J connectivity index is 4.00. The third-order valence-electron chi connectivity index (χ3n) is 0.727. The average molecular weight is 124 g/mol. The second kappa shape index (κ2) is 3.89. The van der Waals surface area contributed by atoms with Gasteiger partial charge in [-0.1, -0.05) is 6.58 Å². The standard InChI is InChI=1S/C7H12N2/c1-4-9-7(3)5-6(2)8/h4-5H,2,8H2,1,3H3/b7-5-,9-4?. The van der Waals surface area contributed by atoms with Gasteiger partial charge in [0, 0.05) is 17.6 Å². The summed E-state index contributed by atoms with van der Waals surface area (Å²) in [6.45, 7) is 7.24. The summed E-state index contributed by atoms with van der Waals surface area (Å²) >= 11 is 0. The molecule has 0 radical (unpaired) electrons. The minimum absolute atomic E-state index is 0.540. The molecule has 2 N–H and O–H groups in total. The molecule has 0 rings (SSSR count). The minimum Gasteiger partial charge on any atom is -0.399 e. The fraction of sp³-hybridized carbons (Fsp3) is 0.286. The lowest BCUT2D eigenvalue weighted by molar-refractivity contribution is 1.28. The van der Waals surface area contributed by atoms with Crippen molar-refractivity contribution < 1.29 is 0 Å². The van der Waals surface area contributed by atoms with Gasteiger partial charge in [0.2, 0.25) is 0 Å². The highest BCUT2D eigenvalue weighted by Crippen LogP contribution is 1.94. The van der Waals surface area contributed by atoms with Gasteiger partial charge in [-0.2, -0.15) is 0 Å². The predicted octanol–water partition coefficient (Wildman–Crippen LogP) is 1.45. The van der Waals surface area contributed by atoms with Crippen molar-refractivity contribution in [3.63, 3.8) is 0 Å². The molecule has 0 atom stereocenters. The molecule has 50 valence electrons. The van der Waals surface area contributed by atoms with E-state index in [0.29, 0.717) is 5.70 Å². The van der Waals surface area contributed by atoms with Crippen LogP contribution in [0.2, 0.25) is 0 Å². The Hall–Kier alpha value is -1.05. The van der Waals surface area contributed by atoms with Crippen molar-refractivity contribution in [2.75, 3.05) is 0 Å². The topological polar surface area (TPSA) is 38.4 Å². The van der Waals surface area contributed by atoms with Gasteiger partial charge in [0.05, 0.1) is 0 Å². The first-order valence-corrected chi connectivity index (χ1v) is 2.78. The minimum atomic E-state index is 0.540. The Kier molecular flexibility index (Phi) is 3.44. The van der Waals surface area contributed by atoms with Crippen LogP contribution in [-0.2, 0) is 0 Å². The lowest BCUT2D eigenvalue weighted by Gasteiger charge is -1.89. The predicted molar refractivity (Wildman–Crippen MR) is 41.3 cm³/mol. The first-order valence-electron chi connectivity index (χ1n) is 2.78. The molecular formula is C7H12N2. The fourth-order valence-electron chi connectivity index (χ4n) is 0.509. The van der Waals surface area contributed by atoms with Gasteiger partial charge in [0.15, 0.2) is 0 Å². The lowest BCUT2D eigenvalue weighted by atomic mass is 10.4. The summed E-state index contributed by atoms with van der Waals surface area (Å²) in [5.74, 6) is 0. The smallest absolute Gasteiger partial charge is 0.0388 e. The zero-order valence-corrected chi connectivity index (χ0v) is 5.89. The summed E-state index contributed by atoms with van der Waals surface area (Å²) in [6.07, 6.45) is 3.44. The van der Waals surface area contributed by atoms with Crippen molar-refractivity contribution in [2.24, 2.45) is 10.7 Å². The summed E-state index contributed by atoms with van der Waals surface area (Å²) in [6, 6.07) is 0. The maximum absolute atomic E-state index is 5.28. The van der Waals surface area contributed by atoms with Crippen molar-refractivity contribution >= 4 is 6.21 Å². The number of aliphatic imine (C=N–C) groups is 1. The molecule has 0 saturated heterocycles. The summed E-state index contributed by atoms with van der Waals surface area (Å²) in [5, 5.41) is 0. The van der Waals surface area contributed by atoms with Crippen LogP contribution >= 0.6 is 0 Å². The van der Waals surface area contributed by atoms with Gasteiger partial charge in [-0.3, -0.25) is 4.99 Å². The third-order valence-corrected chi connectivity index (χ3v) is 0.727. The zero-order valence-electron chi connectivity index (χ0n) is 5.89. The molecule has 2 heteroatoms. The quantitative estimate of drug-likeness (QED) is 0.439. The second-order valence-corrected chi connectivity index (χ2v) is 1.75. The monoisotopic (exact) mass is 124 g/mol. The first kappa shape index (κ1) is 7.95. The van der Waals surface area contributed by atoms with Crippen LogP contribution in [0.4, 0.5) is 0 Å². The van der Waals surface area contributed by atoms with Crippen LogP contribution in [0.25, 0.3) is 0 Å². The Bertz CT molecular complexity index is 154. The number of rotatable bonds is 2. The van der Waals surface area contributed by atoms with E-state index < -0.39 is 0 Å². The van der Waals surface area contributed by atoms with E-state index in [1.165, 1.54) is 0 Å². The third kappa shape index (κ3) is 4.81. The van der Waals surface area contributed by atoms with E-state index in [-0.39, 0.29) is 0 Å². The van der Waals surface area contributed by atoms with Gasteiger partial charge in [-0.05, 0) is 19.9 Å². The van der Waals surface area contributed by atoms with Crippen LogP contribution in [0.15, 0.2) is 29.0 Å². The summed E-state index contributed by atoms with van der Waals surface area (Å²) in [7, 11) is 0. The van der Waals surface area contributed by atoms with Gasteiger partial charge < -0.3 is 5.73 Å². The van der Waals surface area contributed by atoms with Crippen LogP contribution in [0, 0.1) is 0 Å². The molecule has 0 aromatic carbocycles. The molecule has 0 aliphatic carbocycles. The van der Waals surface area contributed by atoms with E-state index in [2.05, 4.69) is 11.6 Å². The van der Waals surface area contributed by atoms with Crippen LogP contribution in [0.1, 0.15) is 13.8 Å². The van der Waals surface area contributed by atoms with E-state index in [4.69, 9.17) is 5.73 Å². The van der Waals surface area contributed by atoms with Crippen LogP contribution in [0.5, 0.6) is 0 Å². The van der Waals surface area contributed by atoms with Crippen LogP contribution < -0.4 is 5.73 Å². The molecule has 0 heterocycles. The molecule has 0 aromatic rings. The van der Waals surface area contributed by atoms with Gasteiger partial charge in [-0.15, -0.1) is 0 Å². The fourth-order valence-corrected chi connectivity index (χ4v) is 0.509. The molecule has 0 spiro atoms. The maximum atomic E-state index is 5.28. The zero-order chi connectivity index (χ0) is 7.28. The largest absolute Gasteiger partial charge is 0.399 e. The van der Waals surface area contributed by atoms with Gasteiger partial charge in [0.1, 0.15) is 0 Å². The summed E-state index contributed by atoms with van der Waals surface area (Å²) in [4.78, 5) is 3.96. The molecule has 0 amide bonds. The highest BCUT2D eigenvalue weighted by molar-refractivity contribution is 5.55. The van der Waals surface area contributed by atoms with Crippen LogP contribution in [0.3, 0.4) is 0 Å². The van der Waals surface area contributed by atoms with Gasteiger partial charge >= 0.3 is 0 Å². The number of allylic oxidation sites excluding steroid dienone is 2. The Morgan fingerprint density at radius 1 is 1.67 bits per heavy atom. The van der Waals surface area contributed by atoms with Crippen molar-refractivity contribution in [1.29, 1.82) is 0 Å². The second-order valence-electron chi connectivity index (χ2n) is 1.75. The molecule has 0 unspecified atom stereocenters. The van der Waals surface area contributed by atoms with Crippen molar-refractivity contribution in [2.45, 2.75) is 13.8 Å². The average Bonchev–Trinajstić information content (AvgIpc) is 1.63. The van der Waals surface area contributed by atoms with Gasteiger partial charge in [0.25, 0.3) is 0 Å². The van der Waals surface area contributed by atoms with E-state index in [1.807, 2.05) is 13.8 Å². The molecule has 0 aromatic heterocycles. The molecule has 0 aliphatic rings. The Morgan fingerprint density at radius 2 is 2.22 bits per heavy atom. The molecule has 0 aliphatic heterocycles. The molecule has 0 fully saturated rings. The molecule has 0 bridgehead atoms. The maximum Gasteiger partial charge on any atom is 0.0388 e. The number of hydrogen-bond acceptors (Lipinski definition) is 2. The highest BCUT2D eigenvalue weighted by Gasteiger charge is 1.79. The molecular weight excluding hydrogens is 112 g/mol. The summed E-state index contributed by atoms with van der Waals surface area (Å²) < 4.78 is 0. The number of hydrogen-bond donors (Lipinski definition) is 1. The normalized spacial score (nSPS) is 12.4. The number of nitrogens with two attached hydrogens (primary N) is 1. The van der Waals surface area contributed by atoms with Crippen LogP contribution in [-0.4, -0.2) is 6.21 Å². The van der Waals surface area contributed by atoms with Gasteiger partial charge in [-0.25, -0.2) is 0 Å². The first-order chi connectivity index (χ1) is 4.16. The van der Waals surface area contributed by atoms with Crippen molar-refractivity contribution in [3.8, 4) is 0 Å². The van der Waals surface area contributed by atoms with E-state index in [1.54, 1.807) is 12.3 Å². The SMILES string of the molecule is C=C(N)/C=C(/C)N=CC. The van der Waals surface area contributed by atoms with E-state index in [0.717, 1.165) is 5.70 Å². The lowest BCUT2D eigenvalue weighted by Crippen LogP contribution is -1.89. The number of nitrogens with zero attached hydrogens (tertiary/aromatic N) is 1. The molecule has 0 saturated carbocycles. The Labute approximate surface area is 55.8 Å². The Morgan fingerprint density at radius 3 is 2.56 bits per heavy atom. The van der Waals surface area contributed by atoms with Crippen molar-refractivity contribution in [3.05, 3.63) is 24.0 Å².